The van der Waals surface area contributed by atoms with Crippen LogP contribution in [0.4, 0.5) is 0 Å². The molecule has 1 fully saturated rings. The minimum atomic E-state index is -0.996. The molecule has 94 valence electrons. The quantitative estimate of drug-likeness (QED) is 0.826. The van der Waals surface area contributed by atoms with Crippen LogP contribution in [0, 0.1) is 5.92 Å². The van der Waals surface area contributed by atoms with Gasteiger partial charge in [-0.1, -0.05) is 19.3 Å². The third-order valence-electron chi connectivity index (χ3n) is 3.41. The minimum absolute atomic E-state index is 0.0566. The fraction of sp³-hybridized carbons (Fsp3) is 0.615. The Labute approximate surface area is 101 Å². The van der Waals surface area contributed by atoms with Crippen molar-refractivity contribution in [3.8, 4) is 0 Å². The van der Waals surface area contributed by atoms with Gasteiger partial charge in [-0.15, -0.1) is 0 Å². The van der Waals surface area contributed by atoms with Crippen LogP contribution in [-0.4, -0.2) is 17.6 Å². The lowest BCUT2D eigenvalue weighted by Crippen LogP contribution is -2.24. The molecule has 1 aromatic heterocycles. The normalized spacial score (nSPS) is 17.2. The Bertz CT molecular complexity index is 366. The maximum Gasteiger partial charge on any atom is 0.372 e. The van der Waals surface area contributed by atoms with Crippen molar-refractivity contribution in [1.29, 1.82) is 0 Å². The van der Waals surface area contributed by atoms with Crippen LogP contribution < -0.4 is 5.32 Å². The van der Waals surface area contributed by atoms with E-state index in [1.165, 1.54) is 38.4 Å². The van der Waals surface area contributed by atoms with Crippen LogP contribution in [0.25, 0.3) is 0 Å². The van der Waals surface area contributed by atoms with Crippen LogP contribution in [0.15, 0.2) is 16.7 Å². The lowest BCUT2D eigenvalue weighted by molar-refractivity contribution is 0.0660. The standard InChI is InChI=1S/C13H19NO3/c15-13(16)12-11(6-7-17-12)9-14-8-10-4-2-1-3-5-10/h6-7,10,14H,1-5,8-9H2,(H,15,16). The second-order valence-corrected chi connectivity index (χ2v) is 4.72. The predicted octanol–water partition coefficient (Wildman–Crippen LogP) is 2.65. The molecule has 0 atom stereocenters. The van der Waals surface area contributed by atoms with Crippen LogP contribution in [0.2, 0.25) is 0 Å². The second-order valence-electron chi connectivity index (χ2n) is 4.72. The summed E-state index contributed by atoms with van der Waals surface area (Å²) in [6, 6.07) is 1.72. The highest BCUT2D eigenvalue weighted by Gasteiger charge is 2.15. The summed E-state index contributed by atoms with van der Waals surface area (Å²) in [7, 11) is 0. The molecule has 2 rings (SSSR count). The Morgan fingerprint density at radius 2 is 2.18 bits per heavy atom. The largest absolute Gasteiger partial charge is 0.475 e. The molecule has 1 aromatic rings. The van der Waals surface area contributed by atoms with Crippen LogP contribution in [-0.2, 0) is 6.54 Å². The molecule has 4 heteroatoms. The number of nitrogens with one attached hydrogen (secondary N) is 1. The fourth-order valence-corrected chi connectivity index (χ4v) is 2.46. The Balaban J connectivity index is 1.77. The predicted molar refractivity (Wildman–Crippen MR) is 63.9 cm³/mol. The van der Waals surface area contributed by atoms with Crippen LogP contribution in [0.5, 0.6) is 0 Å². The third-order valence-corrected chi connectivity index (χ3v) is 3.41. The van der Waals surface area contributed by atoms with Gasteiger partial charge in [-0.25, -0.2) is 4.79 Å². The number of aromatic carboxylic acids is 1. The molecule has 0 aromatic carbocycles. The number of rotatable bonds is 5. The van der Waals surface area contributed by atoms with Gasteiger partial charge in [0.2, 0.25) is 5.76 Å². The summed E-state index contributed by atoms with van der Waals surface area (Å²) in [4.78, 5) is 10.8. The van der Waals surface area contributed by atoms with Gasteiger partial charge in [0.05, 0.1) is 6.26 Å². The van der Waals surface area contributed by atoms with Crippen molar-refractivity contribution in [2.75, 3.05) is 6.54 Å². The topological polar surface area (TPSA) is 62.5 Å². The molecule has 0 saturated heterocycles. The Morgan fingerprint density at radius 3 is 2.88 bits per heavy atom. The highest BCUT2D eigenvalue weighted by molar-refractivity contribution is 5.86. The first kappa shape index (κ1) is 12.2. The molecule has 1 aliphatic rings. The van der Waals surface area contributed by atoms with E-state index in [2.05, 4.69) is 5.32 Å². The van der Waals surface area contributed by atoms with Crippen LogP contribution >= 0.6 is 0 Å². The summed E-state index contributed by atoms with van der Waals surface area (Å²) in [5, 5.41) is 12.2. The van der Waals surface area contributed by atoms with Gasteiger partial charge >= 0.3 is 5.97 Å². The molecule has 0 radical (unpaired) electrons. The number of hydrogen-bond acceptors (Lipinski definition) is 3. The number of carboxylic acids is 1. The molecular formula is C13H19NO3. The highest BCUT2D eigenvalue weighted by Crippen LogP contribution is 2.22. The van der Waals surface area contributed by atoms with Gasteiger partial charge in [-0.2, -0.15) is 0 Å². The minimum Gasteiger partial charge on any atom is -0.475 e. The van der Waals surface area contributed by atoms with Crippen molar-refractivity contribution in [2.45, 2.75) is 38.6 Å². The van der Waals surface area contributed by atoms with Crippen molar-refractivity contribution in [3.05, 3.63) is 23.7 Å². The molecule has 1 heterocycles. The van der Waals surface area contributed by atoms with E-state index in [1.807, 2.05) is 0 Å². The van der Waals surface area contributed by atoms with Gasteiger partial charge in [0, 0.05) is 12.1 Å². The molecule has 0 unspecified atom stereocenters. The summed E-state index contributed by atoms with van der Waals surface area (Å²) in [5.41, 5.74) is 0.730. The number of furan rings is 1. The zero-order valence-electron chi connectivity index (χ0n) is 9.95. The molecule has 0 bridgehead atoms. The first-order valence-corrected chi connectivity index (χ1v) is 6.27. The smallest absolute Gasteiger partial charge is 0.372 e. The molecule has 2 N–H and O–H groups in total. The van der Waals surface area contributed by atoms with E-state index in [4.69, 9.17) is 9.52 Å². The van der Waals surface area contributed by atoms with E-state index < -0.39 is 5.97 Å². The maximum absolute atomic E-state index is 10.8. The average molecular weight is 237 g/mol. The molecular weight excluding hydrogens is 218 g/mol. The van der Waals surface area contributed by atoms with Gasteiger partial charge in [0.15, 0.2) is 0 Å². The van der Waals surface area contributed by atoms with Gasteiger partial charge in [0.25, 0.3) is 0 Å². The van der Waals surface area contributed by atoms with Gasteiger partial charge in [-0.3, -0.25) is 0 Å². The summed E-state index contributed by atoms with van der Waals surface area (Å²) >= 11 is 0. The van der Waals surface area contributed by atoms with E-state index in [0.717, 1.165) is 18.0 Å². The molecule has 0 aliphatic heterocycles. The van der Waals surface area contributed by atoms with E-state index >= 15 is 0 Å². The summed E-state index contributed by atoms with van der Waals surface area (Å²) in [5.74, 6) is -0.186. The fourth-order valence-electron chi connectivity index (χ4n) is 2.46. The third kappa shape index (κ3) is 3.33. The summed E-state index contributed by atoms with van der Waals surface area (Å²) < 4.78 is 4.93. The van der Waals surface area contributed by atoms with Gasteiger partial charge in [-0.05, 0) is 31.4 Å². The zero-order chi connectivity index (χ0) is 12.1. The van der Waals surface area contributed by atoms with Gasteiger partial charge in [0.1, 0.15) is 0 Å². The van der Waals surface area contributed by atoms with E-state index in [0.29, 0.717) is 6.54 Å². The second kappa shape index (κ2) is 5.87. The van der Waals surface area contributed by atoms with Gasteiger partial charge < -0.3 is 14.8 Å². The van der Waals surface area contributed by atoms with Crippen molar-refractivity contribution in [3.63, 3.8) is 0 Å². The Kier molecular flexibility index (Phi) is 4.20. The molecule has 1 saturated carbocycles. The van der Waals surface area contributed by atoms with E-state index in [-0.39, 0.29) is 5.76 Å². The number of carbonyl (C=O) groups is 1. The molecule has 0 amide bonds. The lowest BCUT2D eigenvalue weighted by atomic mass is 9.89. The first-order valence-electron chi connectivity index (χ1n) is 6.27. The summed E-state index contributed by atoms with van der Waals surface area (Å²) in [6.45, 7) is 1.55. The van der Waals surface area contributed by atoms with Crippen molar-refractivity contribution >= 4 is 5.97 Å². The average Bonchev–Trinajstić information content (AvgIpc) is 2.79. The molecule has 1 aliphatic carbocycles. The van der Waals surface area contributed by atoms with Crippen LogP contribution in [0.3, 0.4) is 0 Å². The molecule has 0 spiro atoms. The highest BCUT2D eigenvalue weighted by atomic mass is 16.4. The van der Waals surface area contributed by atoms with E-state index in [1.54, 1.807) is 6.07 Å². The SMILES string of the molecule is O=C(O)c1occc1CNCC1CCCCC1. The summed E-state index contributed by atoms with van der Waals surface area (Å²) in [6.07, 6.45) is 8.05. The van der Waals surface area contributed by atoms with E-state index in [9.17, 15) is 4.79 Å². The Hall–Kier alpha value is -1.29. The number of hydrogen-bond donors (Lipinski definition) is 2. The Morgan fingerprint density at radius 1 is 1.41 bits per heavy atom. The van der Waals surface area contributed by atoms with Crippen molar-refractivity contribution in [2.24, 2.45) is 5.92 Å². The van der Waals surface area contributed by atoms with Crippen molar-refractivity contribution in [1.82, 2.24) is 5.32 Å². The number of carboxylic acid groups (broad SMARTS) is 1. The van der Waals surface area contributed by atoms with Crippen molar-refractivity contribution < 1.29 is 14.3 Å². The monoisotopic (exact) mass is 237 g/mol. The molecule has 4 nitrogen and oxygen atoms in total. The first-order chi connectivity index (χ1) is 8.27. The maximum atomic E-state index is 10.8. The molecule has 17 heavy (non-hydrogen) atoms. The zero-order valence-corrected chi connectivity index (χ0v) is 9.95. The lowest BCUT2D eigenvalue weighted by Gasteiger charge is -2.21. The van der Waals surface area contributed by atoms with Crippen LogP contribution in [0.1, 0.15) is 48.2 Å².